The molecule has 7 heteroatoms. The molecule has 166 valence electrons. The first-order valence-corrected chi connectivity index (χ1v) is 10.7. The van der Waals surface area contributed by atoms with Crippen LogP contribution in [-0.4, -0.2) is 24.5 Å². The fourth-order valence-corrected chi connectivity index (χ4v) is 3.04. The van der Waals surface area contributed by atoms with Crippen molar-refractivity contribution in [1.82, 2.24) is 0 Å². The zero-order valence-corrected chi connectivity index (χ0v) is 18.7. The minimum Gasteiger partial charge on any atom is -0.493 e. The van der Waals surface area contributed by atoms with Crippen LogP contribution >= 0.6 is 11.6 Å². The van der Waals surface area contributed by atoms with Crippen molar-refractivity contribution < 1.29 is 19.1 Å². The van der Waals surface area contributed by atoms with Gasteiger partial charge < -0.3 is 20.1 Å². The molecule has 0 saturated heterocycles. The summed E-state index contributed by atoms with van der Waals surface area (Å²) in [6.07, 6.45) is 0.111. The van der Waals surface area contributed by atoms with Crippen molar-refractivity contribution in [3.63, 3.8) is 0 Å². The molecule has 2 amide bonds. The Hall–Kier alpha value is -3.51. The van der Waals surface area contributed by atoms with E-state index in [2.05, 4.69) is 10.6 Å². The van der Waals surface area contributed by atoms with Gasteiger partial charge in [0.05, 0.1) is 17.2 Å². The third-order valence-corrected chi connectivity index (χ3v) is 4.83. The number of anilines is 2. The summed E-state index contributed by atoms with van der Waals surface area (Å²) in [5, 5.41) is 6.07. The number of amides is 2. The van der Waals surface area contributed by atoms with E-state index in [4.69, 9.17) is 21.1 Å². The van der Waals surface area contributed by atoms with E-state index in [1.807, 2.05) is 13.0 Å². The van der Waals surface area contributed by atoms with Crippen LogP contribution in [0.5, 0.6) is 11.5 Å². The number of ether oxygens (including phenoxy) is 2. The van der Waals surface area contributed by atoms with Gasteiger partial charge in [0.15, 0.2) is 6.10 Å². The molecule has 0 aliphatic carbocycles. The summed E-state index contributed by atoms with van der Waals surface area (Å²) in [6.45, 7) is 4.19. The molecular formula is C25H25ClN2O4. The molecule has 3 rings (SSSR count). The van der Waals surface area contributed by atoms with Gasteiger partial charge >= 0.3 is 0 Å². The van der Waals surface area contributed by atoms with Gasteiger partial charge in [-0.1, -0.05) is 42.8 Å². The highest BCUT2D eigenvalue weighted by Gasteiger charge is 2.17. The summed E-state index contributed by atoms with van der Waals surface area (Å²) in [4.78, 5) is 25.1. The predicted molar refractivity (Wildman–Crippen MR) is 127 cm³/mol. The van der Waals surface area contributed by atoms with E-state index in [0.29, 0.717) is 40.1 Å². The van der Waals surface area contributed by atoms with Crippen molar-refractivity contribution >= 4 is 34.8 Å². The number of nitrogens with one attached hydrogen (secondary N) is 2. The van der Waals surface area contributed by atoms with Gasteiger partial charge in [0.1, 0.15) is 11.5 Å². The van der Waals surface area contributed by atoms with Gasteiger partial charge in [-0.05, 0) is 61.9 Å². The third-order valence-electron chi connectivity index (χ3n) is 4.51. The molecule has 3 aromatic carbocycles. The number of rotatable bonds is 9. The van der Waals surface area contributed by atoms with E-state index in [9.17, 15) is 9.59 Å². The van der Waals surface area contributed by atoms with E-state index in [0.717, 1.165) is 6.42 Å². The van der Waals surface area contributed by atoms with Crippen LogP contribution in [-0.2, 0) is 4.79 Å². The molecule has 0 heterocycles. The lowest BCUT2D eigenvalue weighted by Gasteiger charge is -2.16. The van der Waals surface area contributed by atoms with Crippen LogP contribution in [0.3, 0.4) is 0 Å². The minimum atomic E-state index is -0.742. The molecule has 32 heavy (non-hydrogen) atoms. The summed E-state index contributed by atoms with van der Waals surface area (Å²) in [5.41, 5.74) is 1.64. The molecule has 0 aromatic heterocycles. The standard InChI is InChI=1S/C25H25ClN2O4/c1-3-16-31-22-10-6-4-8-20(22)25(30)28-19-14-12-18(13-15-19)27-24(29)17(2)32-23-11-7-5-9-21(23)26/h4-15,17H,3,16H2,1-2H3,(H,27,29)(H,28,30). The molecule has 1 atom stereocenters. The molecule has 3 aromatic rings. The van der Waals surface area contributed by atoms with Crippen molar-refractivity contribution in [2.24, 2.45) is 0 Å². The molecule has 0 bridgehead atoms. The Kier molecular flexibility index (Phi) is 8.11. The highest BCUT2D eigenvalue weighted by Crippen LogP contribution is 2.25. The quantitative estimate of drug-likeness (QED) is 0.431. The molecule has 6 nitrogen and oxygen atoms in total. The average Bonchev–Trinajstić information content (AvgIpc) is 2.80. The number of hydrogen-bond donors (Lipinski definition) is 2. The van der Waals surface area contributed by atoms with Crippen LogP contribution in [0.2, 0.25) is 5.02 Å². The van der Waals surface area contributed by atoms with Crippen LogP contribution in [0.15, 0.2) is 72.8 Å². The van der Waals surface area contributed by atoms with Crippen LogP contribution < -0.4 is 20.1 Å². The normalized spacial score (nSPS) is 11.3. The zero-order chi connectivity index (χ0) is 22.9. The molecule has 2 N–H and O–H groups in total. The van der Waals surface area contributed by atoms with Gasteiger partial charge in [-0.25, -0.2) is 0 Å². The average molecular weight is 453 g/mol. The third kappa shape index (κ3) is 6.25. The molecule has 0 aliphatic rings. The Morgan fingerprint density at radius 1 is 0.875 bits per heavy atom. The second-order valence-electron chi connectivity index (χ2n) is 7.06. The summed E-state index contributed by atoms with van der Waals surface area (Å²) in [5.74, 6) is 0.403. The maximum absolute atomic E-state index is 12.7. The highest BCUT2D eigenvalue weighted by molar-refractivity contribution is 6.32. The fourth-order valence-electron chi connectivity index (χ4n) is 2.86. The smallest absolute Gasteiger partial charge is 0.265 e. The largest absolute Gasteiger partial charge is 0.493 e. The number of benzene rings is 3. The van der Waals surface area contributed by atoms with E-state index in [1.165, 1.54) is 0 Å². The topological polar surface area (TPSA) is 76.7 Å². The number of carbonyl (C=O) groups is 2. The van der Waals surface area contributed by atoms with Crippen molar-refractivity contribution in [3.05, 3.63) is 83.4 Å². The molecule has 0 fully saturated rings. The number of halogens is 1. The molecule has 0 spiro atoms. The van der Waals surface area contributed by atoms with E-state index in [1.54, 1.807) is 73.7 Å². The first-order chi connectivity index (χ1) is 15.5. The van der Waals surface area contributed by atoms with E-state index < -0.39 is 6.10 Å². The van der Waals surface area contributed by atoms with Crippen LogP contribution in [0, 0.1) is 0 Å². The number of hydrogen-bond acceptors (Lipinski definition) is 4. The molecule has 0 aliphatic heterocycles. The Labute approximate surface area is 192 Å². The van der Waals surface area contributed by atoms with E-state index in [-0.39, 0.29) is 11.8 Å². The number of carbonyl (C=O) groups excluding carboxylic acids is 2. The lowest BCUT2D eigenvalue weighted by molar-refractivity contribution is -0.122. The highest BCUT2D eigenvalue weighted by atomic mass is 35.5. The first-order valence-electron chi connectivity index (χ1n) is 10.3. The molecule has 1 unspecified atom stereocenters. The maximum Gasteiger partial charge on any atom is 0.265 e. The lowest BCUT2D eigenvalue weighted by Crippen LogP contribution is -2.30. The Bertz CT molecular complexity index is 1070. The molecule has 0 radical (unpaired) electrons. The second-order valence-corrected chi connectivity index (χ2v) is 7.46. The van der Waals surface area contributed by atoms with Gasteiger partial charge in [0.25, 0.3) is 11.8 Å². The van der Waals surface area contributed by atoms with Crippen LogP contribution in [0.4, 0.5) is 11.4 Å². The summed E-state index contributed by atoms with van der Waals surface area (Å²) < 4.78 is 11.3. The Morgan fingerprint density at radius 2 is 1.47 bits per heavy atom. The van der Waals surface area contributed by atoms with E-state index >= 15 is 0 Å². The predicted octanol–water partition coefficient (Wildman–Crippen LogP) is 5.79. The summed E-state index contributed by atoms with van der Waals surface area (Å²) in [6, 6.07) is 20.9. The van der Waals surface area contributed by atoms with Crippen molar-refractivity contribution in [1.29, 1.82) is 0 Å². The fraction of sp³-hybridized carbons (Fsp3) is 0.200. The molecule has 0 saturated carbocycles. The van der Waals surface area contributed by atoms with Crippen molar-refractivity contribution in [2.45, 2.75) is 26.4 Å². The van der Waals surface area contributed by atoms with Gasteiger partial charge in [0, 0.05) is 11.4 Å². The Balaban J connectivity index is 1.59. The van der Waals surface area contributed by atoms with Gasteiger partial charge in [0.2, 0.25) is 0 Å². The monoisotopic (exact) mass is 452 g/mol. The summed E-state index contributed by atoms with van der Waals surface area (Å²) >= 11 is 6.07. The Morgan fingerprint density at radius 3 is 2.12 bits per heavy atom. The summed E-state index contributed by atoms with van der Waals surface area (Å²) in [7, 11) is 0. The lowest BCUT2D eigenvalue weighted by atomic mass is 10.1. The van der Waals surface area contributed by atoms with Crippen LogP contribution in [0.1, 0.15) is 30.6 Å². The van der Waals surface area contributed by atoms with Gasteiger partial charge in [-0.15, -0.1) is 0 Å². The minimum absolute atomic E-state index is 0.268. The van der Waals surface area contributed by atoms with Gasteiger partial charge in [-0.2, -0.15) is 0 Å². The first kappa shape index (κ1) is 23.2. The van der Waals surface area contributed by atoms with Gasteiger partial charge in [-0.3, -0.25) is 9.59 Å². The maximum atomic E-state index is 12.7. The number of para-hydroxylation sites is 2. The SMILES string of the molecule is CCCOc1ccccc1C(=O)Nc1ccc(NC(=O)C(C)Oc2ccccc2Cl)cc1. The zero-order valence-electron chi connectivity index (χ0n) is 17.9. The second kappa shape index (κ2) is 11.2. The van der Waals surface area contributed by atoms with Crippen molar-refractivity contribution in [3.8, 4) is 11.5 Å². The van der Waals surface area contributed by atoms with Crippen LogP contribution in [0.25, 0.3) is 0 Å². The van der Waals surface area contributed by atoms with Crippen molar-refractivity contribution in [2.75, 3.05) is 17.2 Å². The molecular weight excluding hydrogens is 428 g/mol.